The molecule has 1 aromatic heterocycles. The normalized spacial score (nSPS) is 26.1. The standard InChI is InChI=1S/C14H16FN3O2/c1-14(8-19-7-11(14)16)13-17-12(18-20-13)6-9-3-2-4-10(15)5-9/h2-5,11H,6-8,16H2,1H3. The molecule has 0 radical (unpaired) electrons. The molecule has 3 rings (SSSR count). The summed E-state index contributed by atoms with van der Waals surface area (Å²) in [7, 11) is 0. The molecule has 1 aromatic carbocycles. The second-order valence-corrected chi connectivity index (χ2v) is 5.36. The van der Waals surface area contributed by atoms with E-state index in [2.05, 4.69) is 10.1 Å². The van der Waals surface area contributed by atoms with E-state index in [9.17, 15) is 4.39 Å². The molecular weight excluding hydrogens is 261 g/mol. The van der Waals surface area contributed by atoms with Crippen LogP contribution in [0.3, 0.4) is 0 Å². The Bertz CT molecular complexity index is 616. The summed E-state index contributed by atoms with van der Waals surface area (Å²) < 4.78 is 23.8. The second-order valence-electron chi connectivity index (χ2n) is 5.36. The van der Waals surface area contributed by atoms with E-state index >= 15 is 0 Å². The highest BCUT2D eigenvalue weighted by atomic mass is 19.1. The highest BCUT2D eigenvalue weighted by molar-refractivity contribution is 5.20. The Morgan fingerprint density at radius 2 is 2.35 bits per heavy atom. The van der Waals surface area contributed by atoms with Crippen LogP contribution in [-0.4, -0.2) is 29.4 Å². The molecule has 1 aliphatic rings. The van der Waals surface area contributed by atoms with Crippen molar-refractivity contribution < 1.29 is 13.7 Å². The SMILES string of the molecule is CC1(c2nc(Cc3cccc(F)c3)no2)COCC1N. The largest absolute Gasteiger partial charge is 0.379 e. The molecular formula is C14H16FN3O2. The van der Waals surface area contributed by atoms with E-state index in [0.29, 0.717) is 31.3 Å². The zero-order valence-corrected chi connectivity index (χ0v) is 11.2. The smallest absolute Gasteiger partial charge is 0.236 e. The highest BCUT2D eigenvalue weighted by Crippen LogP contribution is 2.30. The lowest BCUT2D eigenvalue weighted by Gasteiger charge is -2.21. The minimum absolute atomic E-state index is 0.162. The fourth-order valence-electron chi connectivity index (χ4n) is 2.30. The van der Waals surface area contributed by atoms with Gasteiger partial charge in [0.2, 0.25) is 5.89 Å². The first-order chi connectivity index (χ1) is 9.58. The van der Waals surface area contributed by atoms with Crippen LogP contribution in [-0.2, 0) is 16.6 Å². The van der Waals surface area contributed by atoms with Crippen LogP contribution in [0.4, 0.5) is 4.39 Å². The number of hydrogen-bond donors (Lipinski definition) is 1. The monoisotopic (exact) mass is 277 g/mol. The molecule has 1 aliphatic heterocycles. The van der Waals surface area contributed by atoms with E-state index in [1.54, 1.807) is 6.07 Å². The molecule has 0 amide bonds. The van der Waals surface area contributed by atoms with Crippen molar-refractivity contribution >= 4 is 0 Å². The van der Waals surface area contributed by atoms with Crippen LogP contribution in [0.5, 0.6) is 0 Å². The van der Waals surface area contributed by atoms with Gasteiger partial charge in [-0.2, -0.15) is 4.98 Å². The zero-order valence-electron chi connectivity index (χ0n) is 11.2. The summed E-state index contributed by atoms with van der Waals surface area (Å²) in [6, 6.07) is 6.19. The van der Waals surface area contributed by atoms with Crippen molar-refractivity contribution in [3.8, 4) is 0 Å². The van der Waals surface area contributed by atoms with Crippen LogP contribution in [0.2, 0.25) is 0 Å². The Morgan fingerprint density at radius 1 is 1.50 bits per heavy atom. The van der Waals surface area contributed by atoms with Crippen molar-refractivity contribution in [2.24, 2.45) is 5.73 Å². The van der Waals surface area contributed by atoms with E-state index in [0.717, 1.165) is 5.56 Å². The molecule has 1 saturated heterocycles. The Kier molecular flexibility index (Phi) is 3.27. The number of aromatic nitrogens is 2. The van der Waals surface area contributed by atoms with Crippen LogP contribution in [0.15, 0.2) is 28.8 Å². The first-order valence-electron chi connectivity index (χ1n) is 6.49. The highest BCUT2D eigenvalue weighted by Gasteiger charge is 2.44. The lowest BCUT2D eigenvalue weighted by Crippen LogP contribution is -2.42. The van der Waals surface area contributed by atoms with Crippen molar-refractivity contribution in [3.63, 3.8) is 0 Å². The van der Waals surface area contributed by atoms with Gasteiger partial charge in [0.15, 0.2) is 5.82 Å². The lowest BCUT2D eigenvalue weighted by atomic mass is 9.86. The fourth-order valence-corrected chi connectivity index (χ4v) is 2.30. The third-order valence-electron chi connectivity index (χ3n) is 3.73. The number of benzene rings is 1. The number of nitrogens with zero attached hydrogens (tertiary/aromatic N) is 2. The summed E-state index contributed by atoms with van der Waals surface area (Å²) in [5, 5.41) is 3.95. The average Bonchev–Trinajstić information content (AvgIpc) is 2.99. The number of ether oxygens (including phenoxy) is 1. The van der Waals surface area contributed by atoms with Crippen LogP contribution >= 0.6 is 0 Å². The van der Waals surface area contributed by atoms with Crippen LogP contribution in [0, 0.1) is 5.82 Å². The summed E-state index contributed by atoms with van der Waals surface area (Å²) in [6.45, 7) is 2.90. The van der Waals surface area contributed by atoms with Crippen molar-refractivity contribution in [3.05, 3.63) is 47.4 Å². The molecule has 2 atom stereocenters. The molecule has 2 unspecified atom stereocenters. The van der Waals surface area contributed by atoms with Gasteiger partial charge in [0, 0.05) is 12.5 Å². The van der Waals surface area contributed by atoms with Crippen LogP contribution < -0.4 is 5.73 Å². The third-order valence-corrected chi connectivity index (χ3v) is 3.73. The summed E-state index contributed by atoms with van der Waals surface area (Å²) in [5.41, 5.74) is 6.37. The maximum absolute atomic E-state index is 13.1. The molecule has 6 heteroatoms. The van der Waals surface area contributed by atoms with Gasteiger partial charge < -0.3 is 15.0 Å². The number of nitrogens with two attached hydrogens (primary N) is 1. The zero-order chi connectivity index (χ0) is 14.2. The molecule has 2 heterocycles. The van der Waals surface area contributed by atoms with Gasteiger partial charge in [-0.05, 0) is 24.6 Å². The van der Waals surface area contributed by atoms with Gasteiger partial charge in [0.05, 0.1) is 18.6 Å². The molecule has 0 spiro atoms. The molecule has 2 N–H and O–H groups in total. The fraction of sp³-hybridized carbons (Fsp3) is 0.429. The molecule has 5 nitrogen and oxygen atoms in total. The third kappa shape index (κ3) is 2.32. The Morgan fingerprint density at radius 3 is 3.05 bits per heavy atom. The van der Waals surface area contributed by atoms with Gasteiger partial charge in [-0.25, -0.2) is 4.39 Å². The van der Waals surface area contributed by atoms with Crippen LogP contribution in [0.25, 0.3) is 0 Å². The maximum Gasteiger partial charge on any atom is 0.236 e. The first kappa shape index (κ1) is 13.2. The minimum Gasteiger partial charge on any atom is -0.379 e. The van der Waals surface area contributed by atoms with E-state index in [1.165, 1.54) is 12.1 Å². The van der Waals surface area contributed by atoms with Gasteiger partial charge in [0.25, 0.3) is 0 Å². The number of hydrogen-bond acceptors (Lipinski definition) is 5. The lowest BCUT2D eigenvalue weighted by molar-refractivity contribution is 0.169. The molecule has 0 aliphatic carbocycles. The maximum atomic E-state index is 13.1. The number of rotatable bonds is 3. The molecule has 106 valence electrons. The van der Waals surface area contributed by atoms with E-state index in [4.69, 9.17) is 15.0 Å². The van der Waals surface area contributed by atoms with Gasteiger partial charge in [-0.1, -0.05) is 17.3 Å². The first-order valence-corrected chi connectivity index (χ1v) is 6.49. The van der Waals surface area contributed by atoms with Gasteiger partial charge >= 0.3 is 0 Å². The topological polar surface area (TPSA) is 74.2 Å². The molecule has 0 saturated carbocycles. The van der Waals surface area contributed by atoms with Crippen LogP contribution in [0.1, 0.15) is 24.2 Å². The molecule has 2 aromatic rings. The van der Waals surface area contributed by atoms with Crippen molar-refractivity contribution in [2.75, 3.05) is 13.2 Å². The minimum atomic E-state index is -0.451. The average molecular weight is 277 g/mol. The summed E-state index contributed by atoms with van der Waals surface area (Å²) in [4.78, 5) is 4.38. The summed E-state index contributed by atoms with van der Waals surface area (Å²) in [6.07, 6.45) is 0.424. The molecule has 0 bridgehead atoms. The number of halogens is 1. The summed E-state index contributed by atoms with van der Waals surface area (Å²) in [5.74, 6) is 0.726. The Hall–Kier alpha value is -1.79. The molecule has 20 heavy (non-hydrogen) atoms. The van der Waals surface area contributed by atoms with Crippen molar-refractivity contribution in [2.45, 2.75) is 24.8 Å². The Balaban J connectivity index is 1.80. The predicted molar refractivity (Wildman–Crippen MR) is 69.7 cm³/mol. The van der Waals surface area contributed by atoms with Gasteiger partial charge in [0.1, 0.15) is 5.82 Å². The van der Waals surface area contributed by atoms with Crippen molar-refractivity contribution in [1.29, 1.82) is 0 Å². The second kappa shape index (κ2) is 4.96. The quantitative estimate of drug-likeness (QED) is 0.918. The Labute approximate surface area is 115 Å². The van der Waals surface area contributed by atoms with Gasteiger partial charge in [-0.3, -0.25) is 0 Å². The van der Waals surface area contributed by atoms with E-state index in [-0.39, 0.29) is 11.9 Å². The van der Waals surface area contributed by atoms with Crippen molar-refractivity contribution in [1.82, 2.24) is 10.1 Å². The van der Waals surface area contributed by atoms with E-state index in [1.807, 2.05) is 13.0 Å². The summed E-state index contributed by atoms with van der Waals surface area (Å²) >= 11 is 0. The van der Waals surface area contributed by atoms with Gasteiger partial charge in [-0.15, -0.1) is 0 Å². The molecule has 1 fully saturated rings. The van der Waals surface area contributed by atoms with E-state index < -0.39 is 5.41 Å². The predicted octanol–water partition coefficient (Wildman–Crippen LogP) is 1.41.